The minimum absolute atomic E-state index is 0.442. The number of nitrogens with one attached hydrogen (secondary N) is 1. The predicted molar refractivity (Wildman–Crippen MR) is 85.9 cm³/mol. The quantitative estimate of drug-likeness (QED) is 0.662. The summed E-state index contributed by atoms with van der Waals surface area (Å²) in [5.41, 5.74) is 2.53. The average Bonchev–Trinajstić information content (AvgIpc) is 2.42. The van der Waals surface area contributed by atoms with Crippen LogP contribution in [0.4, 0.5) is 0 Å². The third-order valence-electron chi connectivity index (χ3n) is 4.05. The molecule has 1 nitrogen and oxygen atoms in total. The van der Waals surface area contributed by atoms with Crippen molar-refractivity contribution in [2.45, 2.75) is 58.9 Å². The van der Waals surface area contributed by atoms with Gasteiger partial charge in [0, 0.05) is 11.1 Å². The first kappa shape index (κ1) is 16.5. The van der Waals surface area contributed by atoms with Gasteiger partial charge >= 0.3 is 0 Å². The Morgan fingerprint density at radius 3 is 2.53 bits per heavy atom. The molecule has 2 unspecified atom stereocenters. The first-order valence-electron chi connectivity index (χ1n) is 7.55. The maximum absolute atomic E-state index is 6.11. The van der Waals surface area contributed by atoms with Crippen molar-refractivity contribution in [2.75, 3.05) is 7.05 Å². The molecule has 0 aliphatic rings. The maximum Gasteiger partial charge on any atom is 0.0435 e. The molecule has 0 aromatic heterocycles. The molecule has 2 atom stereocenters. The standard InChI is InChI=1S/C17H28ClN/c1-5-7-8-14(6-2)12-17(19-4)15-9-10-16(18)13(3)11-15/h9-11,14,17,19H,5-8,12H2,1-4H3. The van der Waals surface area contributed by atoms with Gasteiger partial charge in [0.25, 0.3) is 0 Å². The van der Waals surface area contributed by atoms with Gasteiger partial charge in [0.15, 0.2) is 0 Å². The van der Waals surface area contributed by atoms with E-state index in [2.05, 4.69) is 45.3 Å². The Morgan fingerprint density at radius 1 is 1.26 bits per heavy atom. The summed E-state index contributed by atoms with van der Waals surface area (Å²) in [4.78, 5) is 0. The van der Waals surface area contributed by atoms with E-state index in [9.17, 15) is 0 Å². The van der Waals surface area contributed by atoms with E-state index in [0.29, 0.717) is 6.04 Å². The predicted octanol–water partition coefficient (Wildman–Crippen LogP) is 5.52. The fourth-order valence-electron chi connectivity index (χ4n) is 2.62. The number of aryl methyl sites for hydroxylation is 1. The molecular weight excluding hydrogens is 254 g/mol. The van der Waals surface area contributed by atoms with Gasteiger partial charge in [-0.05, 0) is 43.5 Å². The summed E-state index contributed by atoms with van der Waals surface area (Å²) in [5, 5.41) is 4.32. The van der Waals surface area contributed by atoms with Crippen molar-refractivity contribution in [3.05, 3.63) is 34.3 Å². The SMILES string of the molecule is CCCCC(CC)CC(NC)c1ccc(Cl)c(C)c1. The zero-order valence-corrected chi connectivity index (χ0v) is 13.6. The monoisotopic (exact) mass is 281 g/mol. The van der Waals surface area contributed by atoms with Crippen LogP contribution in [-0.4, -0.2) is 7.05 Å². The summed E-state index contributed by atoms with van der Waals surface area (Å²) < 4.78 is 0. The molecule has 19 heavy (non-hydrogen) atoms. The number of hydrogen-bond acceptors (Lipinski definition) is 1. The van der Waals surface area contributed by atoms with E-state index < -0.39 is 0 Å². The minimum Gasteiger partial charge on any atom is -0.313 e. The highest BCUT2D eigenvalue weighted by atomic mass is 35.5. The van der Waals surface area contributed by atoms with Crippen LogP contribution in [0, 0.1) is 12.8 Å². The van der Waals surface area contributed by atoms with Crippen molar-refractivity contribution in [1.82, 2.24) is 5.32 Å². The number of halogens is 1. The molecule has 1 rings (SSSR count). The number of hydrogen-bond donors (Lipinski definition) is 1. The molecule has 108 valence electrons. The second-order valence-corrected chi connectivity index (χ2v) is 5.91. The van der Waals surface area contributed by atoms with Crippen LogP contribution in [0.25, 0.3) is 0 Å². The minimum atomic E-state index is 0.442. The average molecular weight is 282 g/mol. The highest BCUT2D eigenvalue weighted by molar-refractivity contribution is 6.31. The van der Waals surface area contributed by atoms with Crippen molar-refractivity contribution in [3.63, 3.8) is 0 Å². The summed E-state index contributed by atoms with van der Waals surface area (Å²) >= 11 is 6.11. The van der Waals surface area contributed by atoms with Crippen LogP contribution >= 0.6 is 11.6 Å². The third-order valence-corrected chi connectivity index (χ3v) is 4.47. The van der Waals surface area contributed by atoms with Gasteiger partial charge in [-0.3, -0.25) is 0 Å². The maximum atomic E-state index is 6.11. The first-order chi connectivity index (χ1) is 9.12. The third kappa shape index (κ3) is 5.16. The van der Waals surface area contributed by atoms with E-state index in [-0.39, 0.29) is 0 Å². The van der Waals surface area contributed by atoms with Crippen molar-refractivity contribution in [2.24, 2.45) is 5.92 Å². The van der Waals surface area contributed by atoms with E-state index in [4.69, 9.17) is 11.6 Å². The second kappa shape index (κ2) is 8.60. The van der Waals surface area contributed by atoms with Gasteiger partial charge in [0.05, 0.1) is 0 Å². The lowest BCUT2D eigenvalue weighted by Crippen LogP contribution is -2.20. The topological polar surface area (TPSA) is 12.0 Å². The Bertz CT molecular complexity index is 376. The zero-order valence-electron chi connectivity index (χ0n) is 12.8. The smallest absolute Gasteiger partial charge is 0.0435 e. The van der Waals surface area contributed by atoms with Gasteiger partial charge in [-0.15, -0.1) is 0 Å². The fraction of sp³-hybridized carbons (Fsp3) is 0.647. The summed E-state index contributed by atoms with van der Waals surface area (Å²) in [6, 6.07) is 6.83. The number of benzene rings is 1. The largest absolute Gasteiger partial charge is 0.313 e. The van der Waals surface area contributed by atoms with Gasteiger partial charge < -0.3 is 5.32 Å². The molecule has 0 radical (unpaired) electrons. The van der Waals surface area contributed by atoms with Crippen LogP contribution in [0.15, 0.2) is 18.2 Å². The Kier molecular flexibility index (Phi) is 7.48. The van der Waals surface area contributed by atoms with Gasteiger partial charge in [-0.2, -0.15) is 0 Å². The Labute approximate surface area is 123 Å². The van der Waals surface area contributed by atoms with Gasteiger partial charge in [-0.1, -0.05) is 63.3 Å². The van der Waals surface area contributed by atoms with E-state index >= 15 is 0 Å². The van der Waals surface area contributed by atoms with Crippen molar-refractivity contribution in [3.8, 4) is 0 Å². The number of rotatable bonds is 8. The van der Waals surface area contributed by atoms with Gasteiger partial charge in [-0.25, -0.2) is 0 Å². The molecule has 0 amide bonds. The molecule has 1 N–H and O–H groups in total. The van der Waals surface area contributed by atoms with Gasteiger partial charge in [0.2, 0.25) is 0 Å². The molecule has 0 aliphatic carbocycles. The van der Waals surface area contributed by atoms with E-state index in [1.165, 1.54) is 43.2 Å². The lowest BCUT2D eigenvalue weighted by Gasteiger charge is -2.23. The molecule has 0 spiro atoms. The zero-order chi connectivity index (χ0) is 14.3. The van der Waals surface area contributed by atoms with Crippen LogP contribution < -0.4 is 5.32 Å². The van der Waals surface area contributed by atoms with Crippen molar-refractivity contribution >= 4 is 11.6 Å². The summed E-state index contributed by atoms with van der Waals surface area (Å²) in [6.07, 6.45) is 6.46. The normalized spacial score (nSPS) is 14.4. The Balaban J connectivity index is 2.72. The van der Waals surface area contributed by atoms with E-state index in [1.807, 2.05) is 6.07 Å². The molecule has 0 saturated heterocycles. The molecule has 0 fully saturated rings. The van der Waals surface area contributed by atoms with Crippen LogP contribution in [0.3, 0.4) is 0 Å². The lowest BCUT2D eigenvalue weighted by atomic mass is 9.89. The Morgan fingerprint density at radius 2 is 2.00 bits per heavy atom. The summed E-state index contributed by atoms with van der Waals surface area (Å²) in [5.74, 6) is 0.813. The summed E-state index contributed by atoms with van der Waals surface area (Å²) in [7, 11) is 2.06. The molecule has 0 aliphatic heterocycles. The molecule has 2 heteroatoms. The van der Waals surface area contributed by atoms with E-state index in [0.717, 1.165) is 10.9 Å². The van der Waals surface area contributed by atoms with Crippen LogP contribution in [0.5, 0.6) is 0 Å². The number of unbranched alkanes of at least 4 members (excludes halogenated alkanes) is 1. The molecular formula is C17H28ClN. The lowest BCUT2D eigenvalue weighted by molar-refractivity contribution is 0.365. The molecule has 0 saturated carbocycles. The highest BCUT2D eigenvalue weighted by Crippen LogP contribution is 2.28. The van der Waals surface area contributed by atoms with Crippen molar-refractivity contribution < 1.29 is 0 Å². The van der Waals surface area contributed by atoms with E-state index in [1.54, 1.807) is 0 Å². The van der Waals surface area contributed by atoms with Crippen LogP contribution in [-0.2, 0) is 0 Å². The molecule has 0 bridgehead atoms. The molecule has 0 heterocycles. The molecule has 1 aromatic rings. The van der Waals surface area contributed by atoms with Gasteiger partial charge in [0.1, 0.15) is 0 Å². The Hall–Kier alpha value is -0.530. The first-order valence-corrected chi connectivity index (χ1v) is 7.93. The highest BCUT2D eigenvalue weighted by Gasteiger charge is 2.16. The molecule has 1 aromatic carbocycles. The van der Waals surface area contributed by atoms with Crippen LogP contribution in [0.1, 0.15) is 63.1 Å². The van der Waals surface area contributed by atoms with Crippen LogP contribution in [0.2, 0.25) is 5.02 Å². The fourth-order valence-corrected chi connectivity index (χ4v) is 2.74. The van der Waals surface area contributed by atoms with Crippen molar-refractivity contribution in [1.29, 1.82) is 0 Å². The second-order valence-electron chi connectivity index (χ2n) is 5.50. The summed E-state index contributed by atoms with van der Waals surface area (Å²) in [6.45, 7) is 6.65.